The molecule has 0 aromatic carbocycles. The Morgan fingerprint density at radius 1 is 1.26 bits per heavy atom. The molecule has 1 saturated heterocycles. The second kappa shape index (κ2) is 6.63. The third-order valence-corrected chi connectivity index (χ3v) is 3.49. The van der Waals surface area contributed by atoms with Crippen molar-refractivity contribution in [3.05, 3.63) is 29.6 Å². The molecule has 0 unspecified atom stereocenters. The molecule has 0 spiro atoms. The molecule has 2 heterocycles. The van der Waals surface area contributed by atoms with Crippen molar-refractivity contribution >= 4 is 5.91 Å². The number of hydrogen-bond acceptors (Lipinski definition) is 4. The Morgan fingerprint density at radius 2 is 1.95 bits per heavy atom. The Morgan fingerprint density at radius 3 is 2.53 bits per heavy atom. The standard InChI is InChI=1S/C14H22N4O/c1-12-3-4-13(9-16-12)10-17-5-7-18(8-6-17)11-14(19)15-2/h3-4,9H,5-8,10-11H2,1-2H3,(H,15,19). The smallest absolute Gasteiger partial charge is 0.233 e. The third kappa shape index (κ3) is 4.29. The van der Waals surface area contributed by atoms with Crippen molar-refractivity contribution in [2.45, 2.75) is 13.5 Å². The maximum Gasteiger partial charge on any atom is 0.233 e. The van der Waals surface area contributed by atoms with Crippen LogP contribution < -0.4 is 5.32 Å². The largest absolute Gasteiger partial charge is 0.358 e. The highest BCUT2D eigenvalue weighted by Crippen LogP contribution is 2.08. The van der Waals surface area contributed by atoms with Gasteiger partial charge in [0.25, 0.3) is 0 Å². The number of nitrogens with one attached hydrogen (secondary N) is 1. The summed E-state index contributed by atoms with van der Waals surface area (Å²) < 4.78 is 0. The van der Waals surface area contributed by atoms with Gasteiger partial charge in [-0.3, -0.25) is 19.6 Å². The van der Waals surface area contributed by atoms with E-state index in [0.29, 0.717) is 6.54 Å². The topological polar surface area (TPSA) is 48.5 Å². The van der Waals surface area contributed by atoms with E-state index < -0.39 is 0 Å². The minimum atomic E-state index is 0.0937. The summed E-state index contributed by atoms with van der Waals surface area (Å²) in [4.78, 5) is 20.2. The third-order valence-electron chi connectivity index (χ3n) is 3.49. The molecule has 1 fully saturated rings. The van der Waals surface area contributed by atoms with Crippen LogP contribution >= 0.6 is 0 Å². The molecule has 1 amide bonds. The van der Waals surface area contributed by atoms with Crippen molar-refractivity contribution in [2.75, 3.05) is 39.8 Å². The number of aromatic nitrogens is 1. The first-order valence-corrected chi connectivity index (χ1v) is 6.74. The summed E-state index contributed by atoms with van der Waals surface area (Å²) in [6.07, 6.45) is 1.95. The molecule has 1 aromatic heterocycles. The lowest BCUT2D eigenvalue weighted by Crippen LogP contribution is -2.48. The number of rotatable bonds is 4. The number of carbonyl (C=O) groups excluding carboxylic acids is 1. The first kappa shape index (κ1) is 14.0. The highest BCUT2D eigenvalue weighted by atomic mass is 16.1. The summed E-state index contributed by atoms with van der Waals surface area (Å²) >= 11 is 0. The molecule has 5 heteroatoms. The van der Waals surface area contributed by atoms with E-state index in [-0.39, 0.29) is 5.91 Å². The van der Waals surface area contributed by atoms with Crippen molar-refractivity contribution in [2.24, 2.45) is 0 Å². The van der Waals surface area contributed by atoms with Gasteiger partial charge in [0.2, 0.25) is 5.91 Å². The normalized spacial score (nSPS) is 17.4. The molecule has 0 bridgehead atoms. The molecule has 1 aromatic rings. The van der Waals surface area contributed by atoms with Crippen LogP contribution in [0.25, 0.3) is 0 Å². The maximum atomic E-state index is 11.3. The number of piperazine rings is 1. The van der Waals surface area contributed by atoms with Gasteiger partial charge in [0.15, 0.2) is 0 Å². The maximum absolute atomic E-state index is 11.3. The average molecular weight is 262 g/mol. The number of amides is 1. The van der Waals surface area contributed by atoms with Crippen LogP contribution in [0.1, 0.15) is 11.3 Å². The minimum absolute atomic E-state index is 0.0937. The molecule has 2 rings (SSSR count). The number of carbonyl (C=O) groups is 1. The number of aryl methyl sites for hydroxylation is 1. The first-order chi connectivity index (χ1) is 9.17. The van der Waals surface area contributed by atoms with Crippen molar-refractivity contribution in [3.8, 4) is 0 Å². The first-order valence-electron chi connectivity index (χ1n) is 6.74. The molecule has 1 aliphatic heterocycles. The average Bonchev–Trinajstić information content (AvgIpc) is 2.43. The number of pyridine rings is 1. The lowest BCUT2D eigenvalue weighted by atomic mass is 10.2. The Bertz CT molecular complexity index is 410. The quantitative estimate of drug-likeness (QED) is 0.845. The van der Waals surface area contributed by atoms with Crippen molar-refractivity contribution in [1.29, 1.82) is 0 Å². The Hall–Kier alpha value is -1.46. The summed E-state index contributed by atoms with van der Waals surface area (Å²) in [6, 6.07) is 4.19. The van der Waals surface area contributed by atoms with E-state index in [0.717, 1.165) is 38.4 Å². The fourth-order valence-electron chi connectivity index (χ4n) is 2.24. The molecule has 0 saturated carbocycles. The summed E-state index contributed by atoms with van der Waals surface area (Å²) in [5.74, 6) is 0.0937. The molecule has 0 radical (unpaired) electrons. The van der Waals surface area contributed by atoms with E-state index in [1.54, 1.807) is 7.05 Å². The fourth-order valence-corrected chi connectivity index (χ4v) is 2.24. The van der Waals surface area contributed by atoms with Gasteiger partial charge in [-0.2, -0.15) is 0 Å². The van der Waals surface area contributed by atoms with Crippen LogP contribution in [0, 0.1) is 6.92 Å². The van der Waals surface area contributed by atoms with E-state index in [1.807, 2.05) is 13.1 Å². The van der Waals surface area contributed by atoms with E-state index in [2.05, 4.69) is 32.2 Å². The summed E-state index contributed by atoms with van der Waals surface area (Å²) in [5.41, 5.74) is 2.31. The number of likely N-dealkylation sites (N-methyl/N-ethyl adjacent to an activating group) is 1. The van der Waals surface area contributed by atoms with Gasteiger partial charge >= 0.3 is 0 Å². The van der Waals surface area contributed by atoms with Crippen molar-refractivity contribution in [3.63, 3.8) is 0 Å². The van der Waals surface area contributed by atoms with Gasteiger partial charge in [0.1, 0.15) is 0 Å². The summed E-state index contributed by atoms with van der Waals surface area (Å²) in [7, 11) is 1.68. The van der Waals surface area contributed by atoms with E-state index >= 15 is 0 Å². The Kier molecular flexibility index (Phi) is 4.87. The Balaban J connectivity index is 1.77. The van der Waals surface area contributed by atoms with Gasteiger partial charge < -0.3 is 5.32 Å². The van der Waals surface area contributed by atoms with Gasteiger partial charge in [-0.1, -0.05) is 6.07 Å². The number of hydrogen-bond donors (Lipinski definition) is 1. The molecule has 104 valence electrons. The lowest BCUT2D eigenvalue weighted by molar-refractivity contribution is -0.122. The van der Waals surface area contributed by atoms with E-state index in [1.165, 1.54) is 5.56 Å². The zero-order valence-corrected chi connectivity index (χ0v) is 11.7. The van der Waals surface area contributed by atoms with Gasteiger partial charge in [-0.15, -0.1) is 0 Å². The summed E-state index contributed by atoms with van der Waals surface area (Å²) in [6.45, 7) is 7.37. The zero-order chi connectivity index (χ0) is 13.7. The van der Waals surface area contributed by atoms with E-state index in [4.69, 9.17) is 0 Å². The fraction of sp³-hybridized carbons (Fsp3) is 0.571. The molecule has 0 atom stereocenters. The Labute approximate surface area is 114 Å². The van der Waals surface area contributed by atoms with Crippen molar-refractivity contribution < 1.29 is 4.79 Å². The van der Waals surface area contributed by atoms with Gasteiger partial charge in [-0.25, -0.2) is 0 Å². The molecule has 19 heavy (non-hydrogen) atoms. The van der Waals surface area contributed by atoms with Crippen LogP contribution in [0.15, 0.2) is 18.3 Å². The monoisotopic (exact) mass is 262 g/mol. The minimum Gasteiger partial charge on any atom is -0.358 e. The molecular formula is C14H22N4O. The highest BCUT2D eigenvalue weighted by Gasteiger charge is 2.18. The van der Waals surface area contributed by atoms with Crippen LogP contribution in [-0.2, 0) is 11.3 Å². The van der Waals surface area contributed by atoms with Crippen LogP contribution in [0.3, 0.4) is 0 Å². The van der Waals surface area contributed by atoms with Gasteiger partial charge in [0.05, 0.1) is 6.54 Å². The predicted molar refractivity (Wildman–Crippen MR) is 74.8 cm³/mol. The summed E-state index contributed by atoms with van der Waals surface area (Å²) in [5, 5.41) is 2.67. The molecule has 0 aliphatic carbocycles. The zero-order valence-electron chi connectivity index (χ0n) is 11.7. The second-order valence-electron chi connectivity index (χ2n) is 5.03. The van der Waals surface area contributed by atoms with Gasteiger partial charge in [0, 0.05) is 51.7 Å². The second-order valence-corrected chi connectivity index (χ2v) is 5.03. The SMILES string of the molecule is CNC(=O)CN1CCN(Cc2ccc(C)nc2)CC1. The molecule has 5 nitrogen and oxygen atoms in total. The van der Waals surface area contributed by atoms with E-state index in [9.17, 15) is 4.79 Å². The highest BCUT2D eigenvalue weighted by molar-refractivity contribution is 5.77. The van der Waals surface area contributed by atoms with Crippen LogP contribution in [0.4, 0.5) is 0 Å². The number of nitrogens with zero attached hydrogens (tertiary/aromatic N) is 3. The predicted octanol–water partition coefficient (Wildman–Crippen LogP) is 0.254. The molecule has 1 aliphatic rings. The van der Waals surface area contributed by atoms with Crippen LogP contribution in [0.2, 0.25) is 0 Å². The van der Waals surface area contributed by atoms with Gasteiger partial charge in [-0.05, 0) is 18.6 Å². The molecule has 1 N–H and O–H groups in total. The lowest BCUT2D eigenvalue weighted by Gasteiger charge is -2.34. The molecular weight excluding hydrogens is 240 g/mol. The van der Waals surface area contributed by atoms with Crippen molar-refractivity contribution in [1.82, 2.24) is 20.1 Å². The van der Waals surface area contributed by atoms with Crippen LogP contribution in [0.5, 0.6) is 0 Å². The van der Waals surface area contributed by atoms with Crippen LogP contribution in [-0.4, -0.2) is 60.5 Å².